The van der Waals surface area contributed by atoms with Gasteiger partial charge in [-0.1, -0.05) is 0 Å². The predicted octanol–water partition coefficient (Wildman–Crippen LogP) is -0.0456. The summed E-state index contributed by atoms with van der Waals surface area (Å²) >= 11 is 0. The number of nitrogens with zero attached hydrogens (tertiary/aromatic N) is 4. The summed E-state index contributed by atoms with van der Waals surface area (Å²) in [6, 6.07) is 2.33. The Morgan fingerprint density at radius 3 is 2.67 bits per heavy atom. The Morgan fingerprint density at radius 2 is 2.06 bits per heavy atom. The molecule has 0 bridgehead atoms. The summed E-state index contributed by atoms with van der Waals surface area (Å²) in [5, 5.41) is 0. The summed E-state index contributed by atoms with van der Waals surface area (Å²) in [4.78, 5) is 13.0. The van der Waals surface area contributed by atoms with Crippen LogP contribution in [0.4, 0.5) is 5.82 Å². The molecule has 0 amide bonds. The van der Waals surface area contributed by atoms with Crippen molar-refractivity contribution in [2.75, 3.05) is 44.7 Å². The molecule has 1 unspecified atom stereocenters. The van der Waals surface area contributed by atoms with Crippen molar-refractivity contribution in [2.45, 2.75) is 13.0 Å². The first-order valence-electron chi connectivity index (χ1n) is 6.29. The van der Waals surface area contributed by atoms with Crippen LogP contribution in [-0.4, -0.2) is 60.7 Å². The molecule has 1 aromatic heterocycles. The second-order valence-electron chi connectivity index (χ2n) is 4.53. The van der Waals surface area contributed by atoms with Crippen LogP contribution in [0.15, 0.2) is 12.4 Å². The lowest BCUT2D eigenvalue weighted by Crippen LogP contribution is -2.51. The van der Waals surface area contributed by atoms with E-state index in [1.807, 2.05) is 6.07 Å². The molecular formula is C12H21N5O. The van der Waals surface area contributed by atoms with Crippen molar-refractivity contribution in [1.29, 1.82) is 0 Å². The maximum Gasteiger partial charge on any atom is 0.218 e. The van der Waals surface area contributed by atoms with E-state index in [4.69, 9.17) is 10.5 Å². The summed E-state index contributed by atoms with van der Waals surface area (Å²) in [6.07, 6.45) is 1.54. The molecule has 1 aliphatic rings. The molecule has 0 aliphatic carbocycles. The SMILES string of the molecule is COc1cc(N2CCN(C(C)CN)CC2)ncn1. The van der Waals surface area contributed by atoms with Gasteiger partial charge in [-0.2, -0.15) is 0 Å². The summed E-state index contributed by atoms with van der Waals surface area (Å²) in [5.41, 5.74) is 5.69. The molecule has 6 nitrogen and oxygen atoms in total. The molecule has 2 heterocycles. The average Bonchev–Trinajstić information content (AvgIpc) is 2.46. The number of ether oxygens (including phenoxy) is 1. The van der Waals surface area contributed by atoms with Crippen molar-refractivity contribution < 1.29 is 4.74 Å². The maximum atomic E-state index is 5.69. The van der Waals surface area contributed by atoms with Gasteiger partial charge >= 0.3 is 0 Å². The lowest BCUT2D eigenvalue weighted by Gasteiger charge is -2.38. The summed E-state index contributed by atoms with van der Waals surface area (Å²) in [5.74, 6) is 1.54. The Hall–Kier alpha value is -1.40. The minimum Gasteiger partial charge on any atom is -0.481 e. The Kier molecular flexibility index (Phi) is 4.33. The third kappa shape index (κ3) is 2.88. The van der Waals surface area contributed by atoms with Crippen molar-refractivity contribution in [3.05, 3.63) is 12.4 Å². The molecule has 0 saturated carbocycles. The molecule has 1 aromatic rings. The van der Waals surface area contributed by atoms with Gasteiger partial charge in [-0.25, -0.2) is 9.97 Å². The van der Waals surface area contributed by atoms with Crippen LogP contribution in [0.5, 0.6) is 5.88 Å². The van der Waals surface area contributed by atoms with Crippen molar-refractivity contribution >= 4 is 5.82 Å². The number of hydrogen-bond donors (Lipinski definition) is 1. The van der Waals surface area contributed by atoms with E-state index in [1.54, 1.807) is 13.4 Å². The van der Waals surface area contributed by atoms with Crippen LogP contribution in [0.2, 0.25) is 0 Å². The fourth-order valence-electron chi connectivity index (χ4n) is 2.16. The van der Waals surface area contributed by atoms with Crippen LogP contribution >= 0.6 is 0 Å². The molecule has 1 saturated heterocycles. The lowest BCUT2D eigenvalue weighted by molar-refractivity contribution is 0.201. The topological polar surface area (TPSA) is 67.5 Å². The monoisotopic (exact) mass is 251 g/mol. The highest BCUT2D eigenvalue weighted by Gasteiger charge is 2.21. The van der Waals surface area contributed by atoms with Gasteiger partial charge in [0.25, 0.3) is 0 Å². The van der Waals surface area contributed by atoms with Gasteiger partial charge in [-0.3, -0.25) is 4.90 Å². The van der Waals surface area contributed by atoms with Gasteiger partial charge in [0.15, 0.2) is 0 Å². The van der Waals surface area contributed by atoms with Crippen molar-refractivity contribution in [2.24, 2.45) is 5.73 Å². The molecular weight excluding hydrogens is 230 g/mol. The second kappa shape index (κ2) is 5.97. The third-order valence-electron chi connectivity index (χ3n) is 3.44. The molecule has 1 aliphatic heterocycles. The van der Waals surface area contributed by atoms with Crippen LogP contribution in [0.3, 0.4) is 0 Å². The van der Waals surface area contributed by atoms with Crippen LogP contribution in [0, 0.1) is 0 Å². The highest BCUT2D eigenvalue weighted by Crippen LogP contribution is 2.17. The molecule has 18 heavy (non-hydrogen) atoms. The number of nitrogens with two attached hydrogens (primary N) is 1. The Balaban J connectivity index is 1.96. The number of hydrogen-bond acceptors (Lipinski definition) is 6. The number of piperazine rings is 1. The van der Waals surface area contributed by atoms with E-state index in [-0.39, 0.29) is 0 Å². The van der Waals surface area contributed by atoms with Gasteiger partial charge < -0.3 is 15.4 Å². The highest BCUT2D eigenvalue weighted by atomic mass is 16.5. The fraction of sp³-hybridized carbons (Fsp3) is 0.667. The summed E-state index contributed by atoms with van der Waals surface area (Å²) in [7, 11) is 1.62. The largest absolute Gasteiger partial charge is 0.481 e. The second-order valence-corrected chi connectivity index (χ2v) is 4.53. The zero-order chi connectivity index (χ0) is 13.0. The first-order valence-corrected chi connectivity index (χ1v) is 6.29. The molecule has 0 spiro atoms. The quantitative estimate of drug-likeness (QED) is 0.809. The Bertz CT molecular complexity index is 378. The van der Waals surface area contributed by atoms with E-state index >= 15 is 0 Å². The van der Waals surface area contributed by atoms with Gasteiger partial charge in [0.05, 0.1) is 7.11 Å². The molecule has 0 radical (unpaired) electrons. The van der Waals surface area contributed by atoms with Gasteiger partial charge in [-0.15, -0.1) is 0 Å². The summed E-state index contributed by atoms with van der Waals surface area (Å²) in [6.45, 7) is 6.84. The minimum absolute atomic E-state index is 0.451. The number of methoxy groups -OCH3 is 1. The lowest BCUT2D eigenvalue weighted by atomic mass is 10.2. The smallest absolute Gasteiger partial charge is 0.218 e. The van der Waals surface area contributed by atoms with Crippen molar-refractivity contribution in [3.8, 4) is 5.88 Å². The van der Waals surface area contributed by atoms with Gasteiger partial charge in [0.2, 0.25) is 5.88 Å². The maximum absolute atomic E-state index is 5.69. The number of anilines is 1. The molecule has 0 aromatic carbocycles. The van der Waals surface area contributed by atoms with Gasteiger partial charge in [0, 0.05) is 44.8 Å². The van der Waals surface area contributed by atoms with Crippen LogP contribution < -0.4 is 15.4 Å². The van der Waals surface area contributed by atoms with Crippen molar-refractivity contribution in [3.63, 3.8) is 0 Å². The minimum atomic E-state index is 0.451. The van der Waals surface area contributed by atoms with E-state index in [2.05, 4.69) is 26.7 Å². The number of rotatable bonds is 4. The van der Waals surface area contributed by atoms with Crippen LogP contribution in [-0.2, 0) is 0 Å². The normalized spacial score (nSPS) is 18.7. The highest BCUT2D eigenvalue weighted by molar-refractivity contribution is 5.41. The van der Waals surface area contributed by atoms with E-state index < -0.39 is 0 Å². The number of aromatic nitrogens is 2. The molecule has 6 heteroatoms. The van der Waals surface area contributed by atoms with E-state index in [0.717, 1.165) is 32.0 Å². The molecule has 100 valence electrons. The van der Waals surface area contributed by atoms with E-state index in [0.29, 0.717) is 18.5 Å². The van der Waals surface area contributed by atoms with Gasteiger partial charge in [-0.05, 0) is 6.92 Å². The third-order valence-corrected chi connectivity index (χ3v) is 3.44. The zero-order valence-electron chi connectivity index (χ0n) is 11.0. The molecule has 2 rings (SSSR count). The first kappa shape index (κ1) is 13.0. The van der Waals surface area contributed by atoms with E-state index in [9.17, 15) is 0 Å². The predicted molar refractivity (Wildman–Crippen MR) is 70.9 cm³/mol. The van der Waals surface area contributed by atoms with Gasteiger partial charge in [0.1, 0.15) is 12.1 Å². The average molecular weight is 251 g/mol. The Labute approximate surface area is 108 Å². The molecule has 1 atom stereocenters. The van der Waals surface area contributed by atoms with Crippen LogP contribution in [0.25, 0.3) is 0 Å². The van der Waals surface area contributed by atoms with Crippen molar-refractivity contribution in [1.82, 2.24) is 14.9 Å². The first-order chi connectivity index (χ1) is 8.74. The Morgan fingerprint density at radius 1 is 1.33 bits per heavy atom. The standard InChI is InChI=1S/C12H21N5O/c1-10(8-13)16-3-5-17(6-4-16)11-7-12(18-2)15-9-14-11/h7,9-10H,3-6,8,13H2,1-2H3. The molecule has 2 N–H and O–H groups in total. The molecule has 1 fully saturated rings. The summed E-state index contributed by atoms with van der Waals surface area (Å²) < 4.78 is 5.12. The fourth-order valence-corrected chi connectivity index (χ4v) is 2.16. The zero-order valence-corrected chi connectivity index (χ0v) is 11.0. The van der Waals surface area contributed by atoms with E-state index in [1.165, 1.54) is 0 Å². The van der Waals surface area contributed by atoms with Crippen LogP contribution in [0.1, 0.15) is 6.92 Å².